The van der Waals surface area contributed by atoms with E-state index in [1.165, 1.54) is 7.11 Å². The van der Waals surface area contributed by atoms with Gasteiger partial charge in [0, 0.05) is 0 Å². The highest BCUT2D eigenvalue weighted by molar-refractivity contribution is 6.76. The maximum Gasteiger partial charge on any atom is 0.338 e. The fraction of sp³-hybridized carbons (Fsp3) is 0.297. The molecule has 1 aliphatic rings. The number of hydrogen-bond acceptors (Lipinski definition) is 9. The third-order valence-corrected chi connectivity index (χ3v) is 8.13. The van der Waals surface area contributed by atoms with E-state index in [0.717, 1.165) is 16.7 Å². The van der Waals surface area contributed by atoms with Gasteiger partial charge in [-0.05, 0) is 41.0 Å². The number of esters is 1. The SMILES string of the molecule is COc1ccc(C(=O)O[C@H]2[C@H](OC(=N)C(Cl)(Cl)Cl)O[C@H](COCc3ccccc3)[C@H](OCc3ccccc3)[C@@H]2OCc2ccccc2)cc1. The molecule has 1 fully saturated rings. The van der Waals surface area contributed by atoms with Gasteiger partial charge in [0.25, 0.3) is 3.79 Å². The highest BCUT2D eigenvalue weighted by Gasteiger charge is 2.52. The number of hydrogen-bond donors (Lipinski definition) is 1. The van der Waals surface area contributed by atoms with Crippen LogP contribution in [-0.2, 0) is 48.2 Å². The van der Waals surface area contributed by atoms with E-state index in [0.29, 0.717) is 5.75 Å². The number of ether oxygens (including phenoxy) is 7. The second-order valence-corrected chi connectivity index (χ2v) is 13.4. The zero-order chi connectivity index (χ0) is 34.6. The summed E-state index contributed by atoms with van der Waals surface area (Å²) in [5, 5.41) is 8.36. The van der Waals surface area contributed by atoms with E-state index in [4.69, 9.17) is 73.4 Å². The molecule has 4 aromatic rings. The molecule has 1 saturated heterocycles. The van der Waals surface area contributed by atoms with Crippen molar-refractivity contribution in [3.05, 3.63) is 138 Å². The lowest BCUT2D eigenvalue weighted by Gasteiger charge is -2.45. The van der Waals surface area contributed by atoms with Crippen molar-refractivity contribution in [1.29, 1.82) is 5.41 Å². The van der Waals surface area contributed by atoms with Gasteiger partial charge in [0.1, 0.15) is 24.1 Å². The van der Waals surface area contributed by atoms with E-state index >= 15 is 0 Å². The quantitative estimate of drug-likeness (QED) is 0.0610. The molecule has 5 rings (SSSR count). The standard InChI is InChI=1S/C37H36Cl3NO8/c1-43-29-19-17-28(18-20-29)34(42)48-33-32(46-23-27-15-9-4-10-16-27)31(45-22-26-13-7-3-8-14-26)30(24-44-21-25-11-5-2-6-12-25)47-35(33)49-36(41)37(38,39)40/h2-20,30-33,35,41H,21-24H2,1H3/t30-,31+,32+,33-,35+/m1/s1. The molecule has 0 unspecified atom stereocenters. The molecule has 0 radical (unpaired) electrons. The van der Waals surface area contributed by atoms with E-state index in [2.05, 4.69) is 0 Å². The van der Waals surface area contributed by atoms with Gasteiger partial charge in [0.2, 0.25) is 12.2 Å². The minimum absolute atomic E-state index is 0.0274. The first-order valence-electron chi connectivity index (χ1n) is 15.5. The van der Waals surface area contributed by atoms with Crippen LogP contribution >= 0.6 is 34.8 Å². The van der Waals surface area contributed by atoms with Crippen LogP contribution in [0, 0.1) is 5.41 Å². The summed E-state index contributed by atoms with van der Waals surface area (Å²) in [6.07, 6.45) is -5.43. The number of methoxy groups -OCH3 is 1. The first-order chi connectivity index (χ1) is 23.7. The summed E-state index contributed by atoms with van der Waals surface area (Å²) in [6.45, 7) is 0.621. The molecule has 9 nitrogen and oxygen atoms in total. The van der Waals surface area contributed by atoms with Crippen molar-refractivity contribution >= 4 is 46.7 Å². The second kappa shape index (κ2) is 17.8. The summed E-state index contributed by atoms with van der Waals surface area (Å²) in [6, 6.07) is 35.1. The topological polar surface area (TPSA) is 106 Å². The van der Waals surface area contributed by atoms with Crippen LogP contribution in [0.1, 0.15) is 27.0 Å². The normalized spacial score (nSPS) is 20.7. The molecule has 4 aromatic carbocycles. The number of carbonyl (C=O) groups is 1. The van der Waals surface area contributed by atoms with Crippen LogP contribution in [0.2, 0.25) is 0 Å². The van der Waals surface area contributed by atoms with Crippen molar-refractivity contribution in [1.82, 2.24) is 0 Å². The summed E-state index contributed by atoms with van der Waals surface area (Å²) < 4.78 is 40.5. The Morgan fingerprint density at radius 2 is 1.20 bits per heavy atom. The van der Waals surface area contributed by atoms with E-state index in [9.17, 15) is 4.79 Å². The van der Waals surface area contributed by atoms with Gasteiger partial charge >= 0.3 is 5.97 Å². The van der Waals surface area contributed by atoms with E-state index in [-0.39, 0.29) is 32.0 Å². The molecule has 1 N–H and O–H groups in total. The number of rotatable bonds is 14. The highest BCUT2D eigenvalue weighted by Crippen LogP contribution is 2.35. The summed E-state index contributed by atoms with van der Waals surface area (Å²) in [4.78, 5) is 13.6. The van der Waals surface area contributed by atoms with Gasteiger partial charge in [-0.25, -0.2) is 4.79 Å². The van der Waals surface area contributed by atoms with Gasteiger partial charge in [0.15, 0.2) is 6.10 Å². The second-order valence-electron chi connectivity index (χ2n) is 11.1. The van der Waals surface area contributed by atoms with Gasteiger partial charge in [-0.1, -0.05) is 126 Å². The Morgan fingerprint density at radius 3 is 1.71 bits per heavy atom. The maximum atomic E-state index is 13.6. The number of carbonyl (C=O) groups excluding carboxylic acids is 1. The van der Waals surface area contributed by atoms with E-state index in [1.807, 2.05) is 91.0 Å². The molecule has 12 heteroatoms. The zero-order valence-corrected chi connectivity index (χ0v) is 28.9. The molecule has 1 aliphatic heterocycles. The maximum absolute atomic E-state index is 13.6. The summed E-state index contributed by atoms with van der Waals surface area (Å²) in [5.74, 6) is -0.881. The smallest absolute Gasteiger partial charge is 0.338 e. The van der Waals surface area contributed by atoms with Crippen LogP contribution in [-0.4, -0.2) is 60.1 Å². The summed E-state index contributed by atoms with van der Waals surface area (Å²) >= 11 is 18.1. The predicted molar refractivity (Wildman–Crippen MR) is 186 cm³/mol. The Hall–Kier alpha value is -3.67. The molecule has 0 saturated carbocycles. The summed E-state index contributed by atoms with van der Waals surface area (Å²) in [7, 11) is 1.53. The van der Waals surface area contributed by atoms with Crippen LogP contribution in [0.25, 0.3) is 0 Å². The average Bonchev–Trinajstić information content (AvgIpc) is 3.12. The Morgan fingerprint density at radius 1 is 0.694 bits per heavy atom. The van der Waals surface area contributed by atoms with Crippen LogP contribution in [0.3, 0.4) is 0 Å². The largest absolute Gasteiger partial charge is 0.497 e. The Balaban J connectivity index is 1.50. The van der Waals surface area contributed by atoms with E-state index < -0.39 is 46.4 Å². The molecule has 5 atom stereocenters. The molecule has 0 aliphatic carbocycles. The van der Waals surface area contributed by atoms with Crippen molar-refractivity contribution in [2.75, 3.05) is 13.7 Å². The van der Waals surface area contributed by atoms with Gasteiger partial charge in [-0.2, -0.15) is 0 Å². The molecular weight excluding hydrogens is 693 g/mol. The lowest BCUT2D eigenvalue weighted by molar-refractivity contribution is -0.302. The Labute approximate surface area is 300 Å². The van der Waals surface area contributed by atoms with Crippen molar-refractivity contribution < 1.29 is 38.0 Å². The van der Waals surface area contributed by atoms with Crippen LogP contribution < -0.4 is 4.74 Å². The molecule has 258 valence electrons. The fourth-order valence-electron chi connectivity index (χ4n) is 5.13. The Kier molecular flexibility index (Phi) is 13.3. The van der Waals surface area contributed by atoms with Crippen molar-refractivity contribution in [2.45, 2.75) is 54.3 Å². The number of alkyl halides is 3. The number of benzene rings is 4. The minimum atomic E-state index is -2.23. The lowest BCUT2D eigenvalue weighted by Crippen LogP contribution is -2.62. The highest BCUT2D eigenvalue weighted by atomic mass is 35.6. The summed E-state index contributed by atoms with van der Waals surface area (Å²) in [5.41, 5.74) is 2.94. The third-order valence-electron chi connectivity index (χ3n) is 7.62. The van der Waals surface area contributed by atoms with Crippen LogP contribution in [0.15, 0.2) is 115 Å². The zero-order valence-electron chi connectivity index (χ0n) is 26.6. The van der Waals surface area contributed by atoms with E-state index in [1.54, 1.807) is 24.3 Å². The molecule has 0 aromatic heterocycles. The van der Waals surface area contributed by atoms with Gasteiger partial charge in [-0.3, -0.25) is 5.41 Å². The molecule has 0 spiro atoms. The van der Waals surface area contributed by atoms with Crippen molar-refractivity contribution in [3.8, 4) is 5.75 Å². The average molecular weight is 729 g/mol. The molecule has 0 bridgehead atoms. The third kappa shape index (κ3) is 10.7. The molecule has 1 heterocycles. The van der Waals surface area contributed by atoms with Gasteiger partial charge in [0.05, 0.1) is 39.1 Å². The van der Waals surface area contributed by atoms with Crippen LogP contribution in [0.4, 0.5) is 0 Å². The number of halogens is 3. The molecular formula is C37H36Cl3NO8. The fourth-order valence-corrected chi connectivity index (χ4v) is 5.26. The monoisotopic (exact) mass is 727 g/mol. The lowest BCUT2D eigenvalue weighted by atomic mass is 9.97. The van der Waals surface area contributed by atoms with Crippen LogP contribution in [0.5, 0.6) is 5.75 Å². The first kappa shape index (κ1) is 36.6. The minimum Gasteiger partial charge on any atom is -0.497 e. The van der Waals surface area contributed by atoms with Gasteiger partial charge < -0.3 is 33.2 Å². The predicted octanol–water partition coefficient (Wildman–Crippen LogP) is 7.70. The van der Waals surface area contributed by atoms with Crippen molar-refractivity contribution in [3.63, 3.8) is 0 Å². The first-order valence-corrected chi connectivity index (χ1v) is 16.6. The number of nitrogens with one attached hydrogen (secondary N) is 1. The van der Waals surface area contributed by atoms with Gasteiger partial charge in [-0.15, -0.1) is 0 Å². The molecule has 0 amide bonds. The Bertz CT molecular complexity index is 1610. The molecule has 49 heavy (non-hydrogen) atoms. The van der Waals surface area contributed by atoms with Crippen molar-refractivity contribution in [2.24, 2.45) is 0 Å².